The molecule has 124 valence electrons. The maximum Gasteiger partial charge on any atom is 0.329 e. The fourth-order valence-electron chi connectivity index (χ4n) is 2.44. The highest BCUT2D eigenvalue weighted by molar-refractivity contribution is 5.80. The Morgan fingerprint density at radius 2 is 2.00 bits per heavy atom. The largest absolute Gasteiger partial charge is 0.329 e. The SMILES string of the molecule is CCn1c(NN=Cc2ccc(C)cc2)nc2c1c(=O)[nH]c(=O)n2C. The number of hydrazone groups is 1. The number of hydrogen-bond acceptors (Lipinski definition) is 5. The number of H-pyrrole nitrogens is 1. The van der Waals surface area contributed by atoms with Gasteiger partial charge in [-0.1, -0.05) is 29.8 Å². The van der Waals surface area contributed by atoms with Crippen LogP contribution < -0.4 is 16.7 Å². The van der Waals surface area contributed by atoms with E-state index in [4.69, 9.17) is 0 Å². The van der Waals surface area contributed by atoms with Crippen LogP contribution in [0.2, 0.25) is 0 Å². The van der Waals surface area contributed by atoms with E-state index in [0.717, 1.165) is 5.56 Å². The van der Waals surface area contributed by atoms with Gasteiger partial charge in [0.1, 0.15) is 0 Å². The molecule has 0 spiro atoms. The molecular weight excluding hydrogens is 308 g/mol. The number of anilines is 1. The Kier molecular flexibility index (Phi) is 4.03. The lowest BCUT2D eigenvalue weighted by molar-refractivity contribution is 0.781. The van der Waals surface area contributed by atoms with Crippen molar-refractivity contribution in [2.75, 3.05) is 5.43 Å². The van der Waals surface area contributed by atoms with Crippen molar-refractivity contribution in [2.24, 2.45) is 12.1 Å². The second-order valence-electron chi connectivity index (χ2n) is 5.45. The van der Waals surface area contributed by atoms with Crippen molar-refractivity contribution in [1.29, 1.82) is 0 Å². The molecule has 0 unspecified atom stereocenters. The van der Waals surface area contributed by atoms with Crippen LogP contribution in [0.25, 0.3) is 11.2 Å². The second-order valence-corrected chi connectivity index (χ2v) is 5.45. The van der Waals surface area contributed by atoms with Gasteiger partial charge in [0.2, 0.25) is 5.95 Å². The first-order valence-electron chi connectivity index (χ1n) is 7.56. The molecule has 0 aliphatic rings. The molecule has 0 fully saturated rings. The number of imidazole rings is 1. The summed E-state index contributed by atoms with van der Waals surface area (Å²) in [6.45, 7) is 4.42. The van der Waals surface area contributed by atoms with Crippen LogP contribution in [0.4, 0.5) is 5.95 Å². The maximum atomic E-state index is 12.1. The lowest BCUT2D eigenvalue weighted by atomic mass is 10.2. The van der Waals surface area contributed by atoms with Gasteiger partial charge in [0.15, 0.2) is 11.2 Å². The van der Waals surface area contributed by atoms with E-state index in [9.17, 15) is 9.59 Å². The summed E-state index contributed by atoms with van der Waals surface area (Å²) in [5.74, 6) is 0.405. The van der Waals surface area contributed by atoms with Crippen LogP contribution in [0.1, 0.15) is 18.1 Å². The van der Waals surface area contributed by atoms with E-state index >= 15 is 0 Å². The predicted octanol–water partition coefficient (Wildman–Crippen LogP) is 1.20. The summed E-state index contributed by atoms with van der Waals surface area (Å²) in [6, 6.07) is 7.91. The van der Waals surface area contributed by atoms with Crippen LogP contribution >= 0.6 is 0 Å². The van der Waals surface area contributed by atoms with Crippen molar-refractivity contribution in [3.05, 3.63) is 56.2 Å². The van der Waals surface area contributed by atoms with Gasteiger partial charge in [-0.05, 0) is 19.4 Å². The van der Waals surface area contributed by atoms with E-state index < -0.39 is 11.2 Å². The second kappa shape index (κ2) is 6.15. The summed E-state index contributed by atoms with van der Waals surface area (Å²) in [7, 11) is 1.56. The number of hydrogen-bond donors (Lipinski definition) is 2. The molecule has 0 saturated carbocycles. The Morgan fingerprint density at radius 1 is 1.29 bits per heavy atom. The fourth-order valence-corrected chi connectivity index (χ4v) is 2.44. The molecule has 3 aromatic rings. The molecule has 2 heterocycles. The molecule has 1 aromatic carbocycles. The molecular formula is C16H18N6O2. The van der Waals surface area contributed by atoms with E-state index in [-0.39, 0.29) is 0 Å². The highest BCUT2D eigenvalue weighted by Gasteiger charge is 2.15. The third kappa shape index (κ3) is 2.73. The molecule has 8 nitrogen and oxygen atoms in total. The number of benzene rings is 1. The summed E-state index contributed by atoms with van der Waals surface area (Å²) in [6.07, 6.45) is 1.67. The lowest BCUT2D eigenvalue weighted by Crippen LogP contribution is -2.29. The van der Waals surface area contributed by atoms with Crippen molar-refractivity contribution in [3.8, 4) is 0 Å². The minimum atomic E-state index is -0.497. The first kappa shape index (κ1) is 15.7. The smallest absolute Gasteiger partial charge is 0.303 e. The number of fused-ring (bicyclic) bond motifs is 1. The van der Waals surface area contributed by atoms with Crippen LogP contribution in [-0.2, 0) is 13.6 Å². The van der Waals surface area contributed by atoms with E-state index in [1.807, 2.05) is 38.1 Å². The van der Waals surface area contributed by atoms with Gasteiger partial charge in [-0.3, -0.25) is 14.3 Å². The van der Waals surface area contributed by atoms with Crippen molar-refractivity contribution in [2.45, 2.75) is 20.4 Å². The number of aromatic nitrogens is 4. The third-order valence-corrected chi connectivity index (χ3v) is 3.78. The Labute approximate surface area is 137 Å². The van der Waals surface area contributed by atoms with Crippen molar-refractivity contribution in [3.63, 3.8) is 0 Å². The molecule has 24 heavy (non-hydrogen) atoms. The molecule has 0 atom stereocenters. The normalized spacial score (nSPS) is 11.5. The Bertz CT molecular complexity index is 1020. The van der Waals surface area contributed by atoms with Crippen molar-refractivity contribution < 1.29 is 0 Å². The molecule has 0 amide bonds. The molecule has 2 N–H and O–H groups in total. The highest BCUT2D eigenvalue weighted by Crippen LogP contribution is 2.14. The predicted molar refractivity (Wildman–Crippen MR) is 93.7 cm³/mol. The first-order chi connectivity index (χ1) is 11.5. The molecule has 3 rings (SSSR count). The lowest BCUT2D eigenvalue weighted by Gasteiger charge is -2.04. The van der Waals surface area contributed by atoms with Gasteiger partial charge in [0.25, 0.3) is 5.56 Å². The van der Waals surface area contributed by atoms with Gasteiger partial charge in [-0.2, -0.15) is 10.1 Å². The van der Waals surface area contributed by atoms with Crippen LogP contribution in [0, 0.1) is 6.92 Å². The van der Waals surface area contributed by atoms with Crippen LogP contribution in [0.15, 0.2) is 39.0 Å². The number of rotatable bonds is 4. The van der Waals surface area contributed by atoms with Gasteiger partial charge in [0, 0.05) is 13.6 Å². The van der Waals surface area contributed by atoms with E-state index in [0.29, 0.717) is 23.7 Å². The quantitative estimate of drug-likeness (QED) is 0.556. The Morgan fingerprint density at radius 3 is 2.67 bits per heavy atom. The molecule has 0 bridgehead atoms. The molecule has 8 heteroatoms. The average molecular weight is 326 g/mol. The van der Waals surface area contributed by atoms with E-state index in [1.54, 1.807) is 17.8 Å². The zero-order valence-electron chi connectivity index (χ0n) is 13.7. The van der Waals surface area contributed by atoms with Gasteiger partial charge in [-0.15, -0.1) is 0 Å². The van der Waals surface area contributed by atoms with Gasteiger partial charge >= 0.3 is 5.69 Å². The zero-order chi connectivity index (χ0) is 17.3. The van der Waals surface area contributed by atoms with E-state index in [1.165, 1.54) is 10.1 Å². The summed E-state index contributed by atoms with van der Waals surface area (Å²) < 4.78 is 2.98. The molecule has 0 aliphatic carbocycles. The number of aryl methyl sites for hydroxylation is 3. The van der Waals surface area contributed by atoms with Crippen LogP contribution in [-0.4, -0.2) is 25.3 Å². The first-order valence-corrected chi connectivity index (χ1v) is 7.56. The molecule has 2 aromatic heterocycles. The van der Waals surface area contributed by atoms with Gasteiger partial charge < -0.3 is 4.57 Å². The summed E-state index contributed by atoms with van der Waals surface area (Å²) in [5.41, 5.74) is 4.66. The van der Waals surface area contributed by atoms with Gasteiger partial charge in [0.05, 0.1) is 6.21 Å². The van der Waals surface area contributed by atoms with Crippen LogP contribution in [0.5, 0.6) is 0 Å². The maximum absolute atomic E-state index is 12.1. The van der Waals surface area contributed by atoms with Gasteiger partial charge in [-0.25, -0.2) is 10.2 Å². The fraction of sp³-hybridized carbons (Fsp3) is 0.250. The van der Waals surface area contributed by atoms with E-state index in [2.05, 4.69) is 20.5 Å². The highest BCUT2D eigenvalue weighted by atomic mass is 16.2. The number of nitrogens with one attached hydrogen (secondary N) is 2. The topological polar surface area (TPSA) is 97.1 Å². The Balaban J connectivity index is 1.99. The summed E-state index contributed by atoms with van der Waals surface area (Å²) in [4.78, 5) is 30.4. The number of nitrogens with zero attached hydrogens (tertiary/aromatic N) is 4. The summed E-state index contributed by atoms with van der Waals surface area (Å²) >= 11 is 0. The minimum absolute atomic E-state index is 0.318. The standard InChI is InChI=1S/C16H18N6O2/c1-4-22-12-13(21(3)16(24)19-14(12)23)18-15(22)20-17-9-11-7-5-10(2)6-8-11/h5-9H,4H2,1-3H3,(H,18,20)(H,19,23,24). The minimum Gasteiger partial charge on any atom is -0.303 e. The number of aromatic amines is 1. The molecule has 0 saturated heterocycles. The van der Waals surface area contributed by atoms with Crippen molar-refractivity contribution >= 4 is 23.3 Å². The van der Waals surface area contributed by atoms with Crippen molar-refractivity contribution in [1.82, 2.24) is 19.1 Å². The third-order valence-electron chi connectivity index (χ3n) is 3.78. The monoisotopic (exact) mass is 326 g/mol. The Hall–Kier alpha value is -3.16. The van der Waals surface area contributed by atoms with Crippen LogP contribution in [0.3, 0.4) is 0 Å². The molecule has 0 aliphatic heterocycles. The zero-order valence-corrected chi connectivity index (χ0v) is 13.7. The average Bonchev–Trinajstić information content (AvgIpc) is 2.94. The summed E-state index contributed by atoms with van der Waals surface area (Å²) in [5, 5.41) is 4.17. The molecule has 0 radical (unpaired) electrons.